The lowest BCUT2D eigenvalue weighted by molar-refractivity contribution is -0.257. The van der Waals surface area contributed by atoms with Gasteiger partial charge >= 0.3 is 23.9 Å². The summed E-state index contributed by atoms with van der Waals surface area (Å²) < 4.78 is 26.9. The smallest absolute Gasteiger partial charge is 0.303 e. The van der Waals surface area contributed by atoms with Crippen LogP contribution in [-0.4, -0.2) is 67.0 Å². The van der Waals surface area contributed by atoms with E-state index >= 15 is 0 Å². The Morgan fingerprint density at radius 3 is 1.65 bits per heavy atom. The first-order chi connectivity index (χ1) is 17.5. The summed E-state index contributed by atoms with van der Waals surface area (Å²) in [4.78, 5) is 59.6. The molecule has 1 aliphatic rings. The first-order valence-electron chi connectivity index (χ1n) is 13.1. The maximum atomic E-state index is 12.7. The number of rotatable bonds is 16. The fourth-order valence-electron chi connectivity index (χ4n) is 4.17. The van der Waals surface area contributed by atoms with Gasteiger partial charge in [-0.2, -0.15) is 0 Å². The third kappa shape index (κ3) is 13.4. The number of hydrogen-bond donors (Lipinski definition) is 1. The monoisotopic (exact) mass is 529 g/mol. The van der Waals surface area contributed by atoms with Gasteiger partial charge in [0.05, 0.1) is 0 Å². The zero-order chi connectivity index (χ0) is 27.8. The van der Waals surface area contributed by atoms with Crippen molar-refractivity contribution in [3.63, 3.8) is 0 Å². The molecule has 37 heavy (non-hydrogen) atoms. The Balaban J connectivity index is 2.87. The molecule has 212 valence electrons. The summed E-state index contributed by atoms with van der Waals surface area (Å²) in [7, 11) is 0. The van der Waals surface area contributed by atoms with Crippen molar-refractivity contribution in [3.05, 3.63) is 0 Å². The predicted molar refractivity (Wildman–Crippen MR) is 132 cm³/mol. The van der Waals surface area contributed by atoms with Gasteiger partial charge in [-0.1, -0.05) is 58.3 Å². The molecule has 0 aliphatic carbocycles. The summed E-state index contributed by atoms with van der Waals surface area (Å²) in [5, 5.41) is 2.68. The summed E-state index contributed by atoms with van der Waals surface area (Å²) in [6, 6.07) is 0. The third-order valence-electron chi connectivity index (χ3n) is 5.80. The molecule has 0 aromatic heterocycles. The van der Waals surface area contributed by atoms with E-state index < -0.39 is 54.5 Å². The molecular weight excluding hydrogens is 486 g/mol. The number of unbranched alkanes of at least 4 members (excludes halogenated alkanes) is 8. The summed E-state index contributed by atoms with van der Waals surface area (Å²) in [6.45, 7) is 6.48. The number of amides is 1. The minimum Gasteiger partial charge on any atom is -0.463 e. The van der Waals surface area contributed by atoms with E-state index in [4.69, 9.17) is 23.7 Å². The highest BCUT2D eigenvalue weighted by atomic mass is 16.7. The molecule has 1 amide bonds. The zero-order valence-electron chi connectivity index (χ0n) is 22.7. The van der Waals surface area contributed by atoms with E-state index in [-0.39, 0.29) is 18.9 Å². The van der Waals surface area contributed by atoms with Gasteiger partial charge in [0.25, 0.3) is 0 Å². The predicted octanol–water partition coefficient (Wildman–Crippen LogP) is 3.11. The van der Waals surface area contributed by atoms with Crippen LogP contribution in [0.1, 0.15) is 98.8 Å². The highest BCUT2D eigenvalue weighted by molar-refractivity contribution is 5.76. The van der Waals surface area contributed by atoms with Crippen LogP contribution >= 0.6 is 0 Å². The van der Waals surface area contributed by atoms with E-state index in [1.807, 2.05) is 0 Å². The minimum absolute atomic E-state index is 0.225. The molecule has 0 aromatic carbocycles. The molecule has 0 aromatic rings. The maximum Gasteiger partial charge on any atom is 0.303 e. The van der Waals surface area contributed by atoms with Crippen molar-refractivity contribution < 1.29 is 47.7 Å². The normalized spacial score (nSPS) is 23.0. The van der Waals surface area contributed by atoms with E-state index in [0.717, 1.165) is 40.0 Å². The molecule has 0 radical (unpaired) electrons. The van der Waals surface area contributed by atoms with Crippen LogP contribution in [0.25, 0.3) is 0 Å². The maximum absolute atomic E-state index is 12.7. The van der Waals surface area contributed by atoms with Crippen molar-refractivity contribution in [3.8, 4) is 0 Å². The number of esters is 4. The van der Waals surface area contributed by atoms with Gasteiger partial charge < -0.3 is 29.0 Å². The van der Waals surface area contributed by atoms with Crippen molar-refractivity contribution in [1.29, 1.82) is 0 Å². The van der Waals surface area contributed by atoms with Crippen LogP contribution in [0, 0.1) is 0 Å². The van der Waals surface area contributed by atoms with Crippen LogP contribution in [0.5, 0.6) is 0 Å². The number of ether oxygens (including phenoxy) is 5. The van der Waals surface area contributed by atoms with Gasteiger partial charge in [0.15, 0.2) is 24.5 Å². The van der Waals surface area contributed by atoms with E-state index in [2.05, 4.69) is 12.2 Å². The molecule has 1 N–H and O–H groups in total. The van der Waals surface area contributed by atoms with Crippen molar-refractivity contribution in [2.75, 3.05) is 6.61 Å². The highest BCUT2D eigenvalue weighted by Crippen LogP contribution is 2.28. The zero-order valence-corrected chi connectivity index (χ0v) is 22.7. The lowest BCUT2D eigenvalue weighted by atomic mass is 9.97. The Kier molecular flexibility index (Phi) is 15.5. The fourth-order valence-corrected chi connectivity index (χ4v) is 4.17. The lowest BCUT2D eigenvalue weighted by Gasteiger charge is -2.44. The summed E-state index contributed by atoms with van der Waals surface area (Å²) in [5.74, 6) is -3.12. The number of carbonyl (C=O) groups is 5. The average molecular weight is 530 g/mol. The van der Waals surface area contributed by atoms with Crippen molar-refractivity contribution in [1.82, 2.24) is 5.32 Å². The van der Waals surface area contributed by atoms with Crippen LogP contribution < -0.4 is 5.32 Å². The van der Waals surface area contributed by atoms with Crippen LogP contribution in [0.3, 0.4) is 0 Å². The first-order valence-corrected chi connectivity index (χ1v) is 13.1. The molecule has 0 bridgehead atoms. The second kappa shape index (κ2) is 17.7. The van der Waals surface area contributed by atoms with Crippen molar-refractivity contribution in [2.45, 2.75) is 129 Å². The molecule has 11 heteroatoms. The summed E-state index contributed by atoms with van der Waals surface area (Å²) in [5.41, 5.74) is 0. The molecule has 1 rings (SSSR count). The Morgan fingerprint density at radius 2 is 1.14 bits per heavy atom. The SMILES string of the molecule is CCCCCCCCCCCC(=O)N[C@@H]1OC(COC(C)=O)[C@H](OC(C)=O)[C@H](OC(C)=O)C1OC(C)=O. The van der Waals surface area contributed by atoms with Crippen LogP contribution in [-0.2, 0) is 47.7 Å². The molecule has 0 spiro atoms. The van der Waals surface area contributed by atoms with Gasteiger partial charge in [-0.05, 0) is 6.42 Å². The van der Waals surface area contributed by atoms with Gasteiger partial charge in [-0.3, -0.25) is 24.0 Å². The number of hydrogen-bond acceptors (Lipinski definition) is 10. The van der Waals surface area contributed by atoms with Crippen molar-refractivity contribution >= 4 is 29.8 Å². The third-order valence-corrected chi connectivity index (χ3v) is 5.80. The molecule has 2 unspecified atom stereocenters. The topological polar surface area (TPSA) is 144 Å². The number of carbonyl (C=O) groups excluding carboxylic acids is 5. The second-order valence-electron chi connectivity index (χ2n) is 9.27. The minimum atomic E-state index is -1.31. The molecule has 5 atom stereocenters. The summed E-state index contributed by atoms with van der Waals surface area (Å²) >= 11 is 0. The molecule has 0 saturated carbocycles. The number of nitrogens with one attached hydrogen (secondary N) is 1. The standard InChI is InChI=1S/C26H43NO10/c1-6-7-8-9-10-11-12-13-14-15-22(32)27-26-25(36-20(5)31)24(35-19(4)30)23(34-18(3)29)21(37-26)16-33-17(2)28/h21,23-26H,6-16H2,1-5H3,(H,27,32)/t21?,23-,24-,25?,26+/m0/s1. The molecule has 11 nitrogen and oxygen atoms in total. The van der Waals surface area contributed by atoms with Crippen LogP contribution in [0.2, 0.25) is 0 Å². The Morgan fingerprint density at radius 1 is 0.649 bits per heavy atom. The largest absolute Gasteiger partial charge is 0.463 e. The van der Waals surface area contributed by atoms with Gasteiger partial charge in [0.2, 0.25) is 5.91 Å². The van der Waals surface area contributed by atoms with E-state index in [9.17, 15) is 24.0 Å². The molecular formula is C26H43NO10. The van der Waals surface area contributed by atoms with E-state index in [1.165, 1.54) is 39.0 Å². The summed E-state index contributed by atoms with van der Waals surface area (Å²) in [6.07, 6.45) is 3.95. The second-order valence-corrected chi connectivity index (χ2v) is 9.27. The Bertz CT molecular complexity index is 756. The van der Waals surface area contributed by atoms with Gasteiger partial charge in [-0.15, -0.1) is 0 Å². The van der Waals surface area contributed by atoms with E-state index in [0.29, 0.717) is 6.42 Å². The Labute approximate surface area is 219 Å². The van der Waals surface area contributed by atoms with E-state index in [1.54, 1.807) is 0 Å². The average Bonchev–Trinajstić information content (AvgIpc) is 2.79. The lowest BCUT2D eigenvalue weighted by Crippen LogP contribution is -2.66. The molecule has 1 aliphatic heterocycles. The quantitative estimate of drug-likeness (QED) is 0.180. The Hall–Kier alpha value is -2.69. The van der Waals surface area contributed by atoms with Gasteiger partial charge in [-0.25, -0.2) is 0 Å². The molecule has 1 saturated heterocycles. The van der Waals surface area contributed by atoms with Crippen LogP contribution in [0.4, 0.5) is 0 Å². The molecule has 1 heterocycles. The van der Waals surface area contributed by atoms with Crippen molar-refractivity contribution in [2.24, 2.45) is 0 Å². The van der Waals surface area contributed by atoms with Gasteiger partial charge in [0.1, 0.15) is 12.7 Å². The highest BCUT2D eigenvalue weighted by Gasteiger charge is 2.52. The van der Waals surface area contributed by atoms with Gasteiger partial charge in [0, 0.05) is 34.1 Å². The van der Waals surface area contributed by atoms with Crippen LogP contribution in [0.15, 0.2) is 0 Å². The molecule has 1 fully saturated rings. The fraction of sp³-hybridized carbons (Fsp3) is 0.808. The first kappa shape index (κ1) is 32.3.